The van der Waals surface area contributed by atoms with Crippen molar-refractivity contribution in [3.05, 3.63) is 98.6 Å². The number of amides is 2. The van der Waals surface area contributed by atoms with Crippen LogP contribution in [0.5, 0.6) is 0 Å². The highest BCUT2D eigenvalue weighted by Gasteiger charge is 2.41. The zero-order valence-electron chi connectivity index (χ0n) is 18.7. The lowest BCUT2D eigenvalue weighted by atomic mass is 9.79. The summed E-state index contributed by atoms with van der Waals surface area (Å²) in [6.07, 6.45) is -2.87. The lowest BCUT2D eigenvalue weighted by molar-refractivity contribution is -0.137. The summed E-state index contributed by atoms with van der Waals surface area (Å²) in [6, 6.07) is 13.0. The van der Waals surface area contributed by atoms with Crippen molar-refractivity contribution in [2.24, 2.45) is 0 Å². The number of nitrogens with zero attached hydrogens (tertiary/aromatic N) is 1. The largest absolute Gasteiger partial charge is 0.416 e. The summed E-state index contributed by atoms with van der Waals surface area (Å²) in [5, 5.41) is 14.9. The van der Waals surface area contributed by atoms with Gasteiger partial charge in [-0.15, -0.1) is 0 Å². The number of aromatic nitrogens is 1. The third-order valence-corrected chi connectivity index (χ3v) is 6.21. The minimum Gasteiger partial charge on any atom is -0.394 e. The number of hydrogen-bond acceptors (Lipinski definition) is 3. The van der Waals surface area contributed by atoms with Crippen LogP contribution in [0.2, 0.25) is 0 Å². The van der Waals surface area contributed by atoms with Gasteiger partial charge in [-0.05, 0) is 70.5 Å². The molecule has 0 unspecified atom stereocenters. The van der Waals surface area contributed by atoms with Gasteiger partial charge in [0.1, 0.15) is 11.4 Å². The van der Waals surface area contributed by atoms with Crippen molar-refractivity contribution in [1.29, 1.82) is 0 Å². The van der Waals surface area contributed by atoms with Crippen LogP contribution in [0.4, 0.5) is 22.4 Å². The van der Waals surface area contributed by atoms with E-state index in [2.05, 4.69) is 15.6 Å². The maximum absolute atomic E-state index is 14.6. The fourth-order valence-corrected chi connectivity index (χ4v) is 4.06. The van der Waals surface area contributed by atoms with Gasteiger partial charge in [-0.1, -0.05) is 37.3 Å². The molecule has 2 atom stereocenters. The minimum absolute atomic E-state index is 0.00841. The highest BCUT2D eigenvalue weighted by Crippen LogP contribution is 2.37. The second kappa shape index (κ2) is 11.3. The van der Waals surface area contributed by atoms with E-state index in [1.807, 2.05) is 22.6 Å². The number of pyridine rings is 1. The van der Waals surface area contributed by atoms with Gasteiger partial charge in [0.2, 0.25) is 0 Å². The van der Waals surface area contributed by atoms with Crippen molar-refractivity contribution in [2.75, 3.05) is 6.61 Å². The summed E-state index contributed by atoms with van der Waals surface area (Å²) in [5.74, 6) is -1.10. The number of nitrogens with one attached hydrogen (secondary N) is 2. The second-order valence-corrected chi connectivity index (χ2v) is 9.29. The van der Waals surface area contributed by atoms with E-state index in [9.17, 15) is 27.5 Å². The summed E-state index contributed by atoms with van der Waals surface area (Å²) in [6.45, 7) is 1.44. The molecule has 1 aromatic heterocycles. The molecule has 0 aliphatic carbocycles. The van der Waals surface area contributed by atoms with Crippen molar-refractivity contribution in [3.63, 3.8) is 0 Å². The predicted molar refractivity (Wildman–Crippen MR) is 132 cm³/mol. The van der Waals surface area contributed by atoms with Crippen LogP contribution in [-0.4, -0.2) is 28.8 Å². The molecular formula is C25H24F4IN3O2. The number of hydrogen-bond donors (Lipinski definition) is 3. The third kappa shape index (κ3) is 6.69. The molecule has 0 bridgehead atoms. The number of aliphatic hydroxyl groups excluding tert-OH is 1. The molecule has 35 heavy (non-hydrogen) atoms. The summed E-state index contributed by atoms with van der Waals surface area (Å²) in [7, 11) is 0. The Hall–Kier alpha value is -2.73. The first-order chi connectivity index (χ1) is 16.6. The van der Waals surface area contributed by atoms with Crippen LogP contribution >= 0.6 is 22.6 Å². The maximum Gasteiger partial charge on any atom is 0.416 e. The normalized spacial score (nSPS) is 14.1. The molecule has 0 aliphatic heterocycles. The van der Waals surface area contributed by atoms with E-state index in [1.54, 1.807) is 49.4 Å². The van der Waals surface area contributed by atoms with Gasteiger partial charge in [0.15, 0.2) is 0 Å². The summed E-state index contributed by atoms with van der Waals surface area (Å²) in [5.41, 5.74) is -2.05. The molecule has 0 aliphatic rings. The Kier molecular flexibility index (Phi) is 8.70. The van der Waals surface area contributed by atoms with E-state index in [-0.39, 0.29) is 24.3 Å². The highest BCUT2D eigenvalue weighted by atomic mass is 127. The molecule has 3 rings (SSSR count). The first-order valence-corrected chi connectivity index (χ1v) is 11.9. The number of aliphatic hydroxyl groups is 1. The molecule has 0 saturated carbocycles. The van der Waals surface area contributed by atoms with Crippen LogP contribution < -0.4 is 10.6 Å². The fraction of sp³-hybridized carbons (Fsp3) is 0.280. The third-order valence-electron chi connectivity index (χ3n) is 5.57. The monoisotopic (exact) mass is 601 g/mol. The van der Waals surface area contributed by atoms with Gasteiger partial charge in [-0.25, -0.2) is 9.18 Å². The summed E-state index contributed by atoms with van der Waals surface area (Å²) >= 11 is 2.04. The van der Waals surface area contributed by atoms with E-state index < -0.39 is 35.2 Å². The quantitative estimate of drug-likeness (QED) is 0.239. The van der Waals surface area contributed by atoms with Crippen molar-refractivity contribution < 1.29 is 27.5 Å². The van der Waals surface area contributed by atoms with Gasteiger partial charge in [-0.2, -0.15) is 13.2 Å². The molecule has 2 aromatic carbocycles. The maximum atomic E-state index is 14.6. The first kappa shape index (κ1) is 26.9. The van der Waals surface area contributed by atoms with E-state index in [0.717, 1.165) is 15.7 Å². The smallest absolute Gasteiger partial charge is 0.394 e. The SMILES string of the molecule is CC[C@H](CO)NC(=O)N[C@](Cc1ccccc1)(c1cc(F)cc(C(F)(F)F)c1)c1ccc(I)cn1. The molecule has 186 valence electrons. The molecule has 3 aromatic rings. The number of carbonyl (C=O) groups excluding carboxylic acids is 1. The number of alkyl halides is 3. The Balaban J connectivity index is 2.26. The second-order valence-electron chi connectivity index (χ2n) is 8.04. The van der Waals surface area contributed by atoms with Crippen LogP contribution in [0.15, 0.2) is 66.9 Å². The summed E-state index contributed by atoms with van der Waals surface area (Å²) < 4.78 is 56.3. The minimum atomic E-state index is -4.80. The topological polar surface area (TPSA) is 74.2 Å². The van der Waals surface area contributed by atoms with E-state index in [0.29, 0.717) is 18.1 Å². The predicted octanol–water partition coefficient (Wildman–Crippen LogP) is 5.40. The number of urea groups is 1. The fourth-order valence-electron chi connectivity index (χ4n) is 3.74. The molecule has 2 amide bonds. The molecule has 5 nitrogen and oxygen atoms in total. The Morgan fingerprint density at radius 1 is 1.09 bits per heavy atom. The van der Waals surface area contributed by atoms with Gasteiger partial charge >= 0.3 is 12.2 Å². The van der Waals surface area contributed by atoms with Crippen molar-refractivity contribution in [1.82, 2.24) is 15.6 Å². The van der Waals surface area contributed by atoms with Gasteiger partial charge < -0.3 is 15.7 Å². The molecule has 0 fully saturated rings. The molecule has 1 heterocycles. The van der Waals surface area contributed by atoms with Crippen molar-refractivity contribution >= 4 is 28.6 Å². The Bertz CT molecular complexity index is 1140. The van der Waals surface area contributed by atoms with Gasteiger partial charge in [0, 0.05) is 16.2 Å². The van der Waals surface area contributed by atoms with Crippen LogP contribution in [0.3, 0.4) is 0 Å². The van der Waals surface area contributed by atoms with Crippen LogP contribution in [0.25, 0.3) is 0 Å². The average Bonchev–Trinajstić information content (AvgIpc) is 2.82. The zero-order valence-corrected chi connectivity index (χ0v) is 20.9. The van der Waals surface area contributed by atoms with Crippen LogP contribution in [-0.2, 0) is 18.1 Å². The molecule has 0 spiro atoms. The Morgan fingerprint density at radius 2 is 1.77 bits per heavy atom. The highest BCUT2D eigenvalue weighted by molar-refractivity contribution is 14.1. The van der Waals surface area contributed by atoms with Gasteiger partial charge in [0.05, 0.1) is 23.9 Å². The lowest BCUT2D eigenvalue weighted by Crippen LogP contribution is -2.55. The molecule has 0 saturated heterocycles. The number of halogens is 5. The van der Waals surface area contributed by atoms with E-state index in [4.69, 9.17) is 0 Å². The average molecular weight is 601 g/mol. The van der Waals surface area contributed by atoms with E-state index in [1.165, 1.54) is 6.20 Å². The van der Waals surface area contributed by atoms with Crippen molar-refractivity contribution in [2.45, 2.75) is 37.5 Å². The number of rotatable bonds is 8. The lowest BCUT2D eigenvalue weighted by Gasteiger charge is -2.36. The van der Waals surface area contributed by atoms with Gasteiger partial charge in [-0.3, -0.25) is 4.98 Å². The van der Waals surface area contributed by atoms with Crippen molar-refractivity contribution in [3.8, 4) is 0 Å². The zero-order chi connectivity index (χ0) is 25.6. The first-order valence-electron chi connectivity index (χ1n) is 10.8. The van der Waals surface area contributed by atoms with Gasteiger partial charge in [0.25, 0.3) is 0 Å². The number of benzene rings is 2. The number of carbonyl (C=O) groups is 1. The van der Waals surface area contributed by atoms with Crippen LogP contribution in [0.1, 0.15) is 35.7 Å². The molecule has 3 N–H and O–H groups in total. The Morgan fingerprint density at radius 3 is 2.34 bits per heavy atom. The molecule has 0 radical (unpaired) electrons. The standard InChI is InChI=1S/C25H24F4IN3O2/c1-2-21(15-34)32-23(35)33-24(13-16-6-4-3-5-7-16,22-9-8-20(30)14-31-22)17-10-18(25(27,28)29)12-19(26)11-17/h3-12,14,21,34H,2,13,15H2,1H3,(H2,32,33,35)/t21-,24-/m1/s1. The molecule has 10 heteroatoms. The molecular weight excluding hydrogens is 577 g/mol. The Labute approximate surface area is 214 Å². The van der Waals surface area contributed by atoms with E-state index >= 15 is 0 Å². The van der Waals surface area contributed by atoms with Crippen LogP contribution in [0, 0.1) is 9.39 Å². The summed E-state index contributed by atoms with van der Waals surface area (Å²) in [4.78, 5) is 17.5.